The number of β-lactam (4-membered cyclic amide) rings is 1. The van der Waals surface area contributed by atoms with Crippen LogP contribution in [-0.4, -0.2) is 16.9 Å². The van der Waals surface area contributed by atoms with E-state index in [1.165, 1.54) is 25.7 Å². The highest BCUT2D eigenvalue weighted by Crippen LogP contribution is 2.41. The number of pyridine rings is 1. The average Bonchev–Trinajstić information content (AvgIpc) is 2.99. The van der Waals surface area contributed by atoms with E-state index in [1.54, 1.807) is 6.20 Å². The second-order valence-corrected chi connectivity index (χ2v) is 5.93. The molecule has 1 amide bonds. The van der Waals surface area contributed by atoms with Crippen molar-refractivity contribution in [3.05, 3.63) is 36.5 Å². The van der Waals surface area contributed by atoms with Crippen molar-refractivity contribution in [3.63, 3.8) is 0 Å². The van der Waals surface area contributed by atoms with Crippen LogP contribution in [0.5, 0.6) is 0 Å². The summed E-state index contributed by atoms with van der Waals surface area (Å²) in [5, 5.41) is 1.11. The number of benzene rings is 1. The van der Waals surface area contributed by atoms with E-state index >= 15 is 0 Å². The maximum absolute atomic E-state index is 12.1. The van der Waals surface area contributed by atoms with E-state index in [4.69, 9.17) is 0 Å². The second kappa shape index (κ2) is 4.58. The lowest BCUT2D eigenvalue weighted by atomic mass is 9.86. The zero-order valence-corrected chi connectivity index (χ0v) is 11.5. The molecule has 0 N–H and O–H groups in total. The maximum atomic E-state index is 12.1. The molecule has 1 saturated heterocycles. The number of rotatable bonds is 2. The van der Waals surface area contributed by atoms with Gasteiger partial charge < -0.3 is 4.90 Å². The van der Waals surface area contributed by atoms with Crippen LogP contribution in [0.4, 0.5) is 5.69 Å². The van der Waals surface area contributed by atoms with E-state index in [0.717, 1.165) is 16.6 Å². The molecule has 102 valence electrons. The molecule has 1 atom stereocenters. The van der Waals surface area contributed by atoms with Gasteiger partial charge in [0.25, 0.3) is 0 Å². The van der Waals surface area contributed by atoms with Crippen molar-refractivity contribution in [2.75, 3.05) is 4.90 Å². The van der Waals surface area contributed by atoms with Crippen molar-refractivity contribution >= 4 is 22.5 Å². The first-order chi connectivity index (χ1) is 9.84. The minimum atomic E-state index is 0.250. The molecule has 3 heteroatoms. The Hall–Kier alpha value is -1.90. The molecule has 20 heavy (non-hydrogen) atoms. The van der Waals surface area contributed by atoms with Crippen LogP contribution in [0.25, 0.3) is 10.9 Å². The SMILES string of the molecule is O=C1CC(C2CCCC2)N1c1cccc2cccnc12. The highest BCUT2D eigenvalue weighted by molar-refractivity contribution is 6.07. The molecule has 1 aromatic carbocycles. The lowest BCUT2D eigenvalue weighted by Gasteiger charge is -2.44. The molecule has 4 rings (SSSR count). The number of amides is 1. The minimum absolute atomic E-state index is 0.250. The molecule has 1 saturated carbocycles. The van der Waals surface area contributed by atoms with E-state index in [0.29, 0.717) is 18.4 Å². The highest BCUT2D eigenvalue weighted by atomic mass is 16.2. The van der Waals surface area contributed by atoms with Crippen molar-refractivity contribution in [2.24, 2.45) is 5.92 Å². The third-order valence-electron chi connectivity index (χ3n) is 4.80. The van der Waals surface area contributed by atoms with Crippen LogP contribution in [0.2, 0.25) is 0 Å². The summed E-state index contributed by atoms with van der Waals surface area (Å²) in [6, 6.07) is 10.5. The number of anilines is 1. The third kappa shape index (κ3) is 1.73. The Morgan fingerprint density at radius 2 is 1.90 bits per heavy atom. The largest absolute Gasteiger partial charge is 0.306 e. The fraction of sp³-hybridized carbons (Fsp3) is 0.412. The Morgan fingerprint density at radius 3 is 2.70 bits per heavy atom. The Morgan fingerprint density at radius 1 is 1.10 bits per heavy atom. The van der Waals surface area contributed by atoms with E-state index in [2.05, 4.69) is 17.1 Å². The van der Waals surface area contributed by atoms with E-state index in [9.17, 15) is 4.79 Å². The summed E-state index contributed by atoms with van der Waals surface area (Å²) in [7, 11) is 0. The van der Waals surface area contributed by atoms with Crippen LogP contribution < -0.4 is 4.90 Å². The number of fused-ring (bicyclic) bond motifs is 1. The number of nitrogens with zero attached hydrogens (tertiary/aromatic N) is 2. The number of aromatic nitrogens is 1. The first kappa shape index (κ1) is 11.9. The van der Waals surface area contributed by atoms with Gasteiger partial charge in [-0.3, -0.25) is 9.78 Å². The first-order valence-corrected chi connectivity index (χ1v) is 7.50. The molecule has 2 aromatic rings. The Balaban J connectivity index is 1.75. The Bertz CT molecular complexity index is 656. The van der Waals surface area contributed by atoms with Crippen LogP contribution in [0, 0.1) is 5.92 Å². The lowest BCUT2D eigenvalue weighted by Crippen LogP contribution is -2.56. The average molecular weight is 266 g/mol. The van der Waals surface area contributed by atoms with Crippen molar-refractivity contribution in [1.82, 2.24) is 4.98 Å². The van der Waals surface area contributed by atoms with Gasteiger partial charge in [-0.2, -0.15) is 0 Å². The monoisotopic (exact) mass is 266 g/mol. The molecule has 1 aliphatic heterocycles. The number of hydrogen-bond acceptors (Lipinski definition) is 2. The van der Waals surface area contributed by atoms with Crippen molar-refractivity contribution in [1.29, 1.82) is 0 Å². The summed E-state index contributed by atoms with van der Waals surface area (Å²) >= 11 is 0. The molecule has 0 spiro atoms. The predicted molar refractivity (Wildman–Crippen MR) is 79.6 cm³/mol. The van der Waals surface area contributed by atoms with Crippen LogP contribution >= 0.6 is 0 Å². The van der Waals surface area contributed by atoms with E-state index in [1.807, 2.05) is 23.1 Å². The standard InChI is InChI=1S/C17H18N2O/c20-16-11-15(12-5-1-2-6-12)19(16)14-9-3-7-13-8-4-10-18-17(13)14/h3-4,7-10,12,15H,1-2,5-6,11H2. The summed E-state index contributed by atoms with van der Waals surface area (Å²) in [4.78, 5) is 18.6. The van der Waals surface area contributed by atoms with Gasteiger partial charge in [0.2, 0.25) is 5.91 Å². The van der Waals surface area contributed by atoms with Gasteiger partial charge in [-0.1, -0.05) is 31.0 Å². The summed E-state index contributed by atoms with van der Waals surface area (Å²) in [5.41, 5.74) is 1.95. The van der Waals surface area contributed by atoms with Crippen LogP contribution in [0.3, 0.4) is 0 Å². The highest BCUT2D eigenvalue weighted by Gasteiger charge is 2.43. The first-order valence-electron chi connectivity index (χ1n) is 7.50. The second-order valence-electron chi connectivity index (χ2n) is 5.93. The van der Waals surface area contributed by atoms with Crippen molar-refractivity contribution in [2.45, 2.75) is 38.1 Å². The molecule has 1 aliphatic carbocycles. The number of hydrogen-bond donors (Lipinski definition) is 0. The number of carbonyl (C=O) groups is 1. The summed E-state index contributed by atoms with van der Waals surface area (Å²) in [6.07, 6.45) is 7.70. The van der Waals surface area contributed by atoms with Crippen LogP contribution in [0.15, 0.2) is 36.5 Å². The molecule has 2 heterocycles. The van der Waals surface area contributed by atoms with Gasteiger partial charge in [-0.15, -0.1) is 0 Å². The molecule has 3 nitrogen and oxygen atoms in total. The zero-order valence-electron chi connectivity index (χ0n) is 11.5. The summed E-state index contributed by atoms with van der Waals surface area (Å²) in [5.74, 6) is 0.937. The third-order valence-corrected chi connectivity index (χ3v) is 4.80. The molecule has 0 radical (unpaired) electrons. The Labute approximate surface area is 118 Å². The molecule has 2 fully saturated rings. The van der Waals surface area contributed by atoms with Gasteiger partial charge in [0.05, 0.1) is 11.2 Å². The minimum Gasteiger partial charge on any atom is -0.306 e. The quantitative estimate of drug-likeness (QED) is 0.779. The number of carbonyl (C=O) groups excluding carboxylic acids is 1. The Kier molecular flexibility index (Phi) is 2.72. The summed E-state index contributed by atoms with van der Waals surface area (Å²) < 4.78 is 0. The van der Waals surface area contributed by atoms with Crippen LogP contribution in [0.1, 0.15) is 32.1 Å². The normalized spacial score (nSPS) is 23.3. The van der Waals surface area contributed by atoms with Gasteiger partial charge in [0.15, 0.2) is 0 Å². The topological polar surface area (TPSA) is 33.2 Å². The van der Waals surface area contributed by atoms with Gasteiger partial charge >= 0.3 is 0 Å². The van der Waals surface area contributed by atoms with Gasteiger partial charge in [0, 0.05) is 24.0 Å². The molecular weight excluding hydrogens is 248 g/mol. The van der Waals surface area contributed by atoms with Gasteiger partial charge in [-0.05, 0) is 30.9 Å². The van der Waals surface area contributed by atoms with Gasteiger partial charge in [0.1, 0.15) is 0 Å². The lowest BCUT2D eigenvalue weighted by molar-refractivity contribution is -0.125. The fourth-order valence-corrected chi connectivity index (χ4v) is 3.76. The van der Waals surface area contributed by atoms with Crippen molar-refractivity contribution < 1.29 is 4.79 Å². The molecule has 1 unspecified atom stereocenters. The molecule has 2 aliphatic rings. The smallest absolute Gasteiger partial charge is 0.229 e. The van der Waals surface area contributed by atoms with Crippen LogP contribution in [-0.2, 0) is 4.79 Å². The molecule has 0 bridgehead atoms. The molecule has 1 aromatic heterocycles. The molecular formula is C17H18N2O. The van der Waals surface area contributed by atoms with E-state index in [-0.39, 0.29) is 5.91 Å². The maximum Gasteiger partial charge on any atom is 0.229 e. The zero-order chi connectivity index (χ0) is 13.5. The summed E-state index contributed by atoms with van der Waals surface area (Å²) in [6.45, 7) is 0. The fourth-order valence-electron chi connectivity index (χ4n) is 3.76. The number of para-hydroxylation sites is 1. The van der Waals surface area contributed by atoms with E-state index < -0.39 is 0 Å². The predicted octanol–water partition coefficient (Wildman–Crippen LogP) is 3.53. The van der Waals surface area contributed by atoms with Crippen molar-refractivity contribution in [3.8, 4) is 0 Å². The van der Waals surface area contributed by atoms with Gasteiger partial charge in [-0.25, -0.2) is 0 Å².